The van der Waals surface area contributed by atoms with Crippen LogP contribution in [-0.2, 0) is 4.79 Å². The molecule has 2 heteroatoms. The molecule has 0 aromatic carbocycles. The third kappa shape index (κ3) is 0.990. The van der Waals surface area contributed by atoms with Crippen molar-refractivity contribution in [2.75, 3.05) is 13.6 Å². The fourth-order valence-electron chi connectivity index (χ4n) is 1.27. The Kier molecular flexibility index (Phi) is 1.58. The lowest BCUT2D eigenvalue weighted by molar-refractivity contribution is -0.115. The van der Waals surface area contributed by atoms with Gasteiger partial charge >= 0.3 is 0 Å². The minimum atomic E-state index is -0.153. The molecule has 0 radical (unpaired) electrons. The van der Waals surface area contributed by atoms with Crippen molar-refractivity contribution < 1.29 is 4.79 Å². The molecule has 1 heterocycles. The summed E-state index contributed by atoms with van der Waals surface area (Å²) in [6.07, 6.45) is 3.23. The van der Waals surface area contributed by atoms with Gasteiger partial charge in [0, 0.05) is 0 Å². The second-order valence-corrected chi connectivity index (χ2v) is 3.00. The maximum Gasteiger partial charge on any atom is 0.139 e. The minimum absolute atomic E-state index is 0.153. The zero-order valence-corrected chi connectivity index (χ0v) is 6.05. The first-order valence-corrected chi connectivity index (χ1v) is 3.36. The van der Waals surface area contributed by atoms with E-state index in [1.54, 1.807) is 0 Å². The van der Waals surface area contributed by atoms with Crippen LogP contribution in [0.5, 0.6) is 0 Å². The monoisotopic (exact) mass is 127 g/mol. The largest absolute Gasteiger partial charge is 0.301 e. The molecule has 1 rings (SSSR count). The lowest BCUT2D eigenvalue weighted by Crippen LogP contribution is -2.39. The van der Waals surface area contributed by atoms with Crippen LogP contribution in [0.4, 0.5) is 0 Å². The number of carbonyl (C=O) groups is 1. The minimum Gasteiger partial charge on any atom is -0.301 e. The Labute approximate surface area is 55.8 Å². The second-order valence-electron chi connectivity index (χ2n) is 3.00. The van der Waals surface area contributed by atoms with Gasteiger partial charge in [-0.1, -0.05) is 0 Å². The topological polar surface area (TPSA) is 20.3 Å². The molecule has 1 atom stereocenters. The first kappa shape index (κ1) is 6.75. The van der Waals surface area contributed by atoms with Gasteiger partial charge in [0.2, 0.25) is 0 Å². The fraction of sp³-hybridized carbons (Fsp3) is 0.857. The number of aldehydes is 1. The molecule has 9 heavy (non-hydrogen) atoms. The van der Waals surface area contributed by atoms with Crippen LogP contribution in [0.15, 0.2) is 0 Å². The van der Waals surface area contributed by atoms with E-state index >= 15 is 0 Å². The third-order valence-corrected chi connectivity index (χ3v) is 2.30. The van der Waals surface area contributed by atoms with E-state index in [1.165, 1.54) is 0 Å². The molecule has 2 nitrogen and oxygen atoms in total. The molecule has 0 aliphatic carbocycles. The van der Waals surface area contributed by atoms with Gasteiger partial charge in [0.25, 0.3) is 0 Å². The van der Waals surface area contributed by atoms with Crippen LogP contribution in [0.1, 0.15) is 19.8 Å². The molecule has 0 aromatic heterocycles. The molecule has 1 aliphatic rings. The molecular weight excluding hydrogens is 114 g/mol. The van der Waals surface area contributed by atoms with Gasteiger partial charge in [-0.3, -0.25) is 4.90 Å². The lowest BCUT2D eigenvalue weighted by atomic mass is 10.0. The summed E-state index contributed by atoms with van der Waals surface area (Å²) in [6.45, 7) is 3.06. The molecule has 0 N–H and O–H groups in total. The van der Waals surface area contributed by atoms with E-state index in [0.717, 1.165) is 25.7 Å². The maximum absolute atomic E-state index is 10.5. The first-order valence-electron chi connectivity index (χ1n) is 3.36. The van der Waals surface area contributed by atoms with E-state index in [9.17, 15) is 4.79 Å². The summed E-state index contributed by atoms with van der Waals surface area (Å²) in [4.78, 5) is 12.6. The summed E-state index contributed by atoms with van der Waals surface area (Å²) in [7, 11) is 2.00. The number of nitrogens with zero attached hydrogens (tertiary/aromatic N) is 1. The predicted molar refractivity (Wildman–Crippen MR) is 36.3 cm³/mol. The number of likely N-dealkylation sites (tertiary alicyclic amines) is 1. The molecule has 0 aromatic rings. The van der Waals surface area contributed by atoms with Crippen LogP contribution in [0.25, 0.3) is 0 Å². The van der Waals surface area contributed by atoms with Crippen molar-refractivity contribution in [1.82, 2.24) is 4.90 Å². The van der Waals surface area contributed by atoms with Gasteiger partial charge < -0.3 is 4.79 Å². The van der Waals surface area contributed by atoms with Crippen LogP contribution < -0.4 is 0 Å². The number of carbonyl (C=O) groups excluding carboxylic acids is 1. The van der Waals surface area contributed by atoms with Gasteiger partial charge in [-0.25, -0.2) is 0 Å². The van der Waals surface area contributed by atoms with Crippen molar-refractivity contribution in [2.24, 2.45) is 0 Å². The Morgan fingerprint density at radius 2 is 2.33 bits per heavy atom. The van der Waals surface area contributed by atoms with Crippen molar-refractivity contribution in [3.63, 3.8) is 0 Å². The molecule has 1 saturated heterocycles. The van der Waals surface area contributed by atoms with Crippen molar-refractivity contribution in [3.8, 4) is 0 Å². The zero-order chi connectivity index (χ0) is 6.91. The molecular formula is C7H13NO. The molecule has 1 aliphatic heterocycles. The van der Waals surface area contributed by atoms with Gasteiger partial charge in [-0.15, -0.1) is 0 Å². The van der Waals surface area contributed by atoms with E-state index in [0.29, 0.717) is 0 Å². The maximum atomic E-state index is 10.5. The summed E-state index contributed by atoms with van der Waals surface area (Å²) >= 11 is 0. The van der Waals surface area contributed by atoms with E-state index in [-0.39, 0.29) is 5.54 Å². The SMILES string of the molecule is CN1CCC[C@]1(C)C=O. The van der Waals surface area contributed by atoms with Crippen LogP contribution in [-0.4, -0.2) is 30.3 Å². The average molecular weight is 127 g/mol. The highest BCUT2D eigenvalue weighted by molar-refractivity contribution is 5.63. The molecule has 0 unspecified atom stereocenters. The number of rotatable bonds is 1. The predicted octanol–water partition coefficient (Wildman–Crippen LogP) is 0.670. The molecule has 0 amide bonds. The third-order valence-electron chi connectivity index (χ3n) is 2.30. The van der Waals surface area contributed by atoms with Crippen molar-refractivity contribution >= 4 is 6.29 Å². The van der Waals surface area contributed by atoms with Gasteiger partial charge in [0.05, 0.1) is 5.54 Å². The van der Waals surface area contributed by atoms with Crippen molar-refractivity contribution in [2.45, 2.75) is 25.3 Å². The Balaban J connectivity index is 2.66. The van der Waals surface area contributed by atoms with E-state index in [2.05, 4.69) is 4.90 Å². The zero-order valence-electron chi connectivity index (χ0n) is 6.05. The fourth-order valence-corrected chi connectivity index (χ4v) is 1.27. The summed E-state index contributed by atoms with van der Waals surface area (Å²) in [5.74, 6) is 0. The highest BCUT2D eigenvalue weighted by Crippen LogP contribution is 2.24. The molecule has 52 valence electrons. The smallest absolute Gasteiger partial charge is 0.139 e. The quantitative estimate of drug-likeness (QED) is 0.482. The normalized spacial score (nSPS) is 37.1. The Morgan fingerprint density at radius 1 is 1.67 bits per heavy atom. The van der Waals surface area contributed by atoms with Gasteiger partial charge in [-0.2, -0.15) is 0 Å². The Bertz CT molecular complexity index is 124. The van der Waals surface area contributed by atoms with Crippen LogP contribution in [0, 0.1) is 0 Å². The summed E-state index contributed by atoms with van der Waals surface area (Å²) in [5, 5.41) is 0. The summed E-state index contributed by atoms with van der Waals surface area (Å²) in [6, 6.07) is 0. The second kappa shape index (κ2) is 2.10. The number of likely N-dealkylation sites (N-methyl/N-ethyl adjacent to an activating group) is 1. The van der Waals surface area contributed by atoms with Gasteiger partial charge in [0.1, 0.15) is 6.29 Å². The molecule has 0 bridgehead atoms. The summed E-state index contributed by atoms with van der Waals surface area (Å²) in [5.41, 5.74) is -0.153. The Morgan fingerprint density at radius 3 is 2.56 bits per heavy atom. The van der Waals surface area contributed by atoms with Crippen LogP contribution in [0.2, 0.25) is 0 Å². The average Bonchev–Trinajstić information content (AvgIpc) is 2.15. The lowest BCUT2D eigenvalue weighted by Gasteiger charge is -2.24. The highest BCUT2D eigenvalue weighted by atomic mass is 16.1. The van der Waals surface area contributed by atoms with Crippen molar-refractivity contribution in [1.29, 1.82) is 0 Å². The number of hydrogen-bond donors (Lipinski definition) is 0. The van der Waals surface area contributed by atoms with Gasteiger partial charge in [0.15, 0.2) is 0 Å². The summed E-state index contributed by atoms with van der Waals surface area (Å²) < 4.78 is 0. The van der Waals surface area contributed by atoms with E-state index in [1.807, 2.05) is 14.0 Å². The number of hydrogen-bond acceptors (Lipinski definition) is 2. The molecule has 1 fully saturated rings. The standard InChI is InChI=1S/C7H13NO/c1-7(6-9)4-3-5-8(7)2/h6H,3-5H2,1-2H3/t7-/m1/s1. The van der Waals surface area contributed by atoms with Crippen LogP contribution >= 0.6 is 0 Å². The highest BCUT2D eigenvalue weighted by Gasteiger charge is 2.32. The van der Waals surface area contributed by atoms with Crippen molar-refractivity contribution in [3.05, 3.63) is 0 Å². The van der Waals surface area contributed by atoms with E-state index < -0.39 is 0 Å². The van der Waals surface area contributed by atoms with E-state index in [4.69, 9.17) is 0 Å². The first-order chi connectivity index (χ1) is 4.19. The Hall–Kier alpha value is -0.370. The van der Waals surface area contributed by atoms with Crippen LogP contribution in [0.3, 0.4) is 0 Å². The van der Waals surface area contributed by atoms with Gasteiger partial charge in [-0.05, 0) is 33.4 Å². The molecule has 0 saturated carbocycles. The molecule has 0 spiro atoms.